The van der Waals surface area contributed by atoms with Crippen LogP contribution in [0.2, 0.25) is 0 Å². The Kier molecular flexibility index (Phi) is 7.34. The second kappa shape index (κ2) is 9.17. The number of piperidine rings is 1. The number of aliphatic carboxylic acids is 1. The molecule has 2 aliphatic rings. The topological polar surface area (TPSA) is 83.2 Å². The number of aryl methyl sites for hydroxylation is 1. The highest BCUT2D eigenvalue weighted by Crippen LogP contribution is 2.44. The fraction of sp³-hybridized carbons (Fsp3) is 0.684. The molecule has 10 heteroatoms. The summed E-state index contributed by atoms with van der Waals surface area (Å²) in [5, 5.41) is 7.12. The van der Waals surface area contributed by atoms with Gasteiger partial charge in [0.25, 0.3) is 5.91 Å². The summed E-state index contributed by atoms with van der Waals surface area (Å²) in [7, 11) is 3.96. The maximum absolute atomic E-state index is 12.6. The van der Waals surface area contributed by atoms with E-state index in [4.69, 9.17) is 19.1 Å². The fourth-order valence-electron chi connectivity index (χ4n) is 4.19. The Morgan fingerprint density at radius 3 is 2.38 bits per heavy atom. The van der Waals surface area contributed by atoms with Gasteiger partial charge in [-0.05, 0) is 38.3 Å². The lowest BCUT2D eigenvalue weighted by Crippen LogP contribution is -2.47. The molecule has 1 aromatic heterocycles. The average Bonchev–Trinajstić information content (AvgIpc) is 3.19. The zero-order valence-electron chi connectivity index (χ0n) is 16.8. The Morgan fingerprint density at radius 1 is 1.34 bits per heavy atom. The number of likely N-dealkylation sites (tertiary alicyclic amines) is 2. The quantitative estimate of drug-likeness (QED) is 0.810. The molecule has 3 heterocycles. The molecule has 0 aliphatic carbocycles. The van der Waals surface area contributed by atoms with Crippen LogP contribution in [0.1, 0.15) is 29.0 Å². The van der Waals surface area contributed by atoms with Crippen LogP contribution in [0.5, 0.6) is 0 Å². The number of hydrogen-bond acceptors (Lipinski definition) is 5. The molecule has 164 valence electrons. The number of nitrogens with zero attached hydrogens (tertiary/aromatic N) is 2. The van der Waals surface area contributed by atoms with Crippen LogP contribution in [-0.2, 0) is 9.53 Å². The van der Waals surface area contributed by atoms with Gasteiger partial charge in [-0.2, -0.15) is 13.2 Å². The average molecular weight is 420 g/mol. The van der Waals surface area contributed by atoms with Gasteiger partial charge in [-0.3, -0.25) is 4.79 Å². The number of carbonyl (C=O) groups excluding carboxylic acids is 1. The minimum atomic E-state index is -5.08. The first-order valence-corrected chi connectivity index (χ1v) is 9.31. The van der Waals surface area contributed by atoms with Crippen LogP contribution in [0.3, 0.4) is 0 Å². The van der Waals surface area contributed by atoms with Crippen LogP contribution in [0, 0.1) is 18.3 Å². The summed E-state index contributed by atoms with van der Waals surface area (Å²) < 4.78 is 42.5. The van der Waals surface area contributed by atoms with Crippen LogP contribution in [0.4, 0.5) is 13.2 Å². The van der Waals surface area contributed by atoms with E-state index in [1.165, 1.54) is 0 Å². The van der Waals surface area contributed by atoms with Gasteiger partial charge in [0.05, 0.1) is 12.9 Å². The number of halogens is 3. The Hall–Kier alpha value is -2.07. The molecule has 1 spiro atoms. The minimum Gasteiger partial charge on any atom is -0.475 e. The molecule has 0 bridgehead atoms. The van der Waals surface area contributed by atoms with Crippen molar-refractivity contribution in [3.63, 3.8) is 0 Å². The van der Waals surface area contributed by atoms with E-state index in [1.54, 1.807) is 13.4 Å². The van der Waals surface area contributed by atoms with Crippen molar-refractivity contribution < 1.29 is 37.0 Å². The number of methoxy groups -OCH3 is 1. The molecule has 3 rings (SSSR count). The smallest absolute Gasteiger partial charge is 0.475 e. The Labute approximate surface area is 167 Å². The van der Waals surface area contributed by atoms with Crippen LogP contribution in [0.25, 0.3) is 0 Å². The summed E-state index contributed by atoms with van der Waals surface area (Å²) >= 11 is 0. The van der Waals surface area contributed by atoms with Gasteiger partial charge in [-0.15, -0.1) is 0 Å². The molecular formula is C19H27F3N2O5. The zero-order chi connectivity index (χ0) is 21.8. The monoisotopic (exact) mass is 420 g/mol. The van der Waals surface area contributed by atoms with Gasteiger partial charge in [0, 0.05) is 44.8 Å². The van der Waals surface area contributed by atoms with Gasteiger partial charge < -0.3 is 24.1 Å². The van der Waals surface area contributed by atoms with Gasteiger partial charge >= 0.3 is 12.1 Å². The molecule has 1 N–H and O–H groups in total. The van der Waals surface area contributed by atoms with Gasteiger partial charge in [0.2, 0.25) is 0 Å². The van der Waals surface area contributed by atoms with Gasteiger partial charge in [0.1, 0.15) is 0 Å². The summed E-state index contributed by atoms with van der Waals surface area (Å²) in [4.78, 5) is 25.8. The first kappa shape index (κ1) is 23.2. The highest BCUT2D eigenvalue weighted by Gasteiger charge is 2.47. The van der Waals surface area contributed by atoms with Crippen LogP contribution >= 0.6 is 0 Å². The van der Waals surface area contributed by atoms with Crippen molar-refractivity contribution in [1.82, 2.24) is 9.80 Å². The number of carboxylic acid groups (broad SMARTS) is 1. The van der Waals surface area contributed by atoms with E-state index < -0.39 is 12.1 Å². The van der Waals surface area contributed by atoms with Gasteiger partial charge in [-0.25, -0.2) is 4.79 Å². The Balaban J connectivity index is 0.000000370. The van der Waals surface area contributed by atoms with Crippen molar-refractivity contribution >= 4 is 11.9 Å². The van der Waals surface area contributed by atoms with E-state index >= 15 is 0 Å². The van der Waals surface area contributed by atoms with Gasteiger partial charge in [0.15, 0.2) is 5.76 Å². The maximum Gasteiger partial charge on any atom is 0.490 e. The molecule has 0 aromatic carbocycles. The van der Waals surface area contributed by atoms with E-state index in [1.807, 2.05) is 17.9 Å². The molecule has 2 aliphatic heterocycles. The fourth-order valence-corrected chi connectivity index (χ4v) is 4.19. The van der Waals surface area contributed by atoms with E-state index in [2.05, 4.69) is 11.9 Å². The standard InChI is InChI=1S/C17H26N2O3.C2HF3O2/c1-13-4-9-22-15(13)16(20)19-7-5-17(6-8-19)12-18(2)10-14(17)11-21-3;3-2(4,5)1(6)7/h4,9,14H,5-8,10-12H2,1-3H3;(H,6,7). The Bertz CT molecular complexity index is 711. The maximum atomic E-state index is 12.6. The summed E-state index contributed by atoms with van der Waals surface area (Å²) in [5.41, 5.74) is 1.22. The van der Waals surface area contributed by atoms with Crippen LogP contribution in [-0.4, -0.2) is 79.9 Å². The summed E-state index contributed by atoms with van der Waals surface area (Å²) in [6.07, 6.45) is -1.39. The first-order chi connectivity index (χ1) is 13.5. The molecule has 29 heavy (non-hydrogen) atoms. The summed E-state index contributed by atoms with van der Waals surface area (Å²) in [5.74, 6) is -1.66. The molecule has 1 unspecified atom stereocenters. The second-order valence-corrected chi connectivity index (χ2v) is 7.74. The third-order valence-electron chi connectivity index (χ3n) is 5.70. The lowest BCUT2D eigenvalue weighted by molar-refractivity contribution is -0.192. The third-order valence-corrected chi connectivity index (χ3v) is 5.70. The molecule has 0 saturated carbocycles. The van der Waals surface area contributed by atoms with Crippen molar-refractivity contribution in [2.45, 2.75) is 25.9 Å². The van der Waals surface area contributed by atoms with Crippen molar-refractivity contribution in [1.29, 1.82) is 0 Å². The molecule has 1 amide bonds. The van der Waals surface area contributed by atoms with Crippen molar-refractivity contribution in [3.8, 4) is 0 Å². The van der Waals surface area contributed by atoms with E-state index in [0.29, 0.717) is 17.1 Å². The van der Waals surface area contributed by atoms with E-state index in [9.17, 15) is 18.0 Å². The summed E-state index contributed by atoms with van der Waals surface area (Å²) in [6, 6.07) is 1.85. The Morgan fingerprint density at radius 2 is 1.93 bits per heavy atom. The normalized spacial score (nSPS) is 21.7. The summed E-state index contributed by atoms with van der Waals surface area (Å²) in [6.45, 7) is 6.57. The molecule has 7 nitrogen and oxygen atoms in total. The molecule has 2 saturated heterocycles. The zero-order valence-corrected chi connectivity index (χ0v) is 16.8. The number of furan rings is 1. The van der Waals surface area contributed by atoms with Crippen LogP contribution < -0.4 is 0 Å². The van der Waals surface area contributed by atoms with Gasteiger partial charge in [-0.1, -0.05) is 0 Å². The van der Waals surface area contributed by atoms with Crippen molar-refractivity contribution in [2.24, 2.45) is 11.3 Å². The van der Waals surface area contributed by atoms with Crippen molar-refractivity contribution in [3.05, 3.63) is 23.7 Å². The molecule has 1 atom stereocenters. The largest absolute Gasteiger partial charge is 0.490 e. The number of carbonyl (C=O) groups is 2. The number of rotatable bonds is 3. The van der Waals surface area contributed by atoms with E-state index in [0.717, 1.165) is 51.2 Å². The van der Waals surface area contributed by atoms with E-state index in [-0.39, 0.29) is 5.91 Å². The molecule has 2 fully saturated rings. The molecule has 1 aromatic rings. The minimum absolute atomic E-state index is 0.0343. The number of alkyl halides is 3. The predicted octanol–water partition coefficient (Wildman–Crippen LogP) is 2.65. The van der Waals surface area contributed by atoms with Crippen molar-refractivity contribution in [2.75, 3.05) is 46.9 Å². The second-order valence-electron chi connectivity index (χ2n) is 7.74. The molecule has 0 radical (unpaired) electrons. The lowest BCUT2D eigenvalue weighted by Gasteiger charge is -2.42. The SMILES string of the molecule is COCC1CN(C)CC12CCN(C(=O)c1occc1C)CC2.O=C(O)C(F)(F)F. The third kappa shape index (κ3) is 5.51. The number of carboxylic acids is 1. The number of amides is 1. The number of ether oxygens (including phenoxy) is 1. The highest BCUT2D eigenvalue weighted by molar-refractivity contribution is 5.92. The molecular weight excluding hydrogens is 393 g/mol. The number of hydrogen-bond donors (Lipinski definition) is 1. The first-order valence-electron chi connectivity index (χ1n) is 9.31. The highest BCUT2D eigenvalue weighted by atomic mass is 19.4. The predicted molar refractivity (Wildman–Crippen MR) is 97.6 cm³/mol. The van der Waals surface area contributed by atoms with Crippen LogP contribution in [0.15, 0.2) is 16.7 Å². The lowest BCUT2D eigenvalue weighted by atomic mass is 9.71.